The minimum Gasteiger partial charge on any atom is -0.497 e. The van der Waals surface area contributed by atoms with Crippen LogP contribution in [0, 0.1) is 0 Å². The second kappa shape index (κ2) is 8.93. The molecule has 1 aromatic heterocycles. The van der Waals surface area contributed by atoms with E-state index in [4.69, 9.17) is 25.5 Å². The molecule has 0 aliphatic heterocycles. The summed E-state index contributed by atoms with van der Waals surface area (Å²) >= 11 is 5.93. The molecule has 0 spiro atoms. The molecule has 4 aromatic rings. The molecule has 4 rings (SSSR count). The number of methoxy groups -OCH3 is 2. The van der Waals surface area contributed by atoms with Gasteiger partial charge in [0.15, 0.2) is 0 Å². The zero-order valence-corrected chi connectivity index (χ0v) is 17.6. The molecular formula is C24H19ClN2O4. The predicted octanol–water partition coefficient (Wildman–Crippen LogP) is 5.59. The number of carbonyl (C=O) groups excluding carboxylic acids is 1. The average molecular weight is 435 g/mol. The summed E-state index contributed by atoms with van der Waals surface area (Å²) in [7, 11) is 3.12. The van der Waals surface area contributed by atoms with Crippen molar-refractivity contribution in [3.63, 3.8) is 0 Å². The van der Waals surface area contributed by atoms with Gasteiger partial charge in [0.2, 0.25) is 5.55 Å². The lowest BCUT2D eigenvalue weighted by atomic mass is 10.1. The molecule has 0 radical (unpaired) electrons. The van der Waals surface area contributed by atoms with Crippen LogP contribution in [0.5, 0.6) is 11.5 Å². The summed E-state index contributed by atoms with van der Waals surface area (Å²) in [5.74, 6) is 0.794. The lowest BCUT2D eigenvalue weighted by Crippen LogP contribution is -2.21. The van der Waals surface area contributed by atoms with Gasteiger partial charge in [-0.15, -0.1) is 0 Å². The van der Waals surface area contributed by atoms with Gasteiger partial charge in [0.05, 0.1) is 19.9 Å². The quantitative estimate of drug-likeness (QED) is 0.444. The van der Waals surface area contributed by atoms with Gasteiger partial charge in [-0.25, -0.2) is 4.99 Å². The molecule has 0 saturated carbocycles. The lowest BCUT2D eigenvalue weighted by Gasteiger charge is -2.08. The molecule has 6 nitrogen and oxygen atoms in total. The standard InChI is InChI=1S/C24H19ClN2O4/c1-29-19-12-18(13-20(14-19)30-2)27-24-21(11-15-5-3-4-6-22(15)31-24)23(28)26-17-9-7-16(25)8-10-17/h3-14H,1-2H3,(H,26,28). The maximum Gasteiger partial charge on any atom is 0.261 e. The van der Waals surface area contributed by atoms with Crippen LogP contribution in [-0.4, -0.2) is 20.1 Å². The molecule has 156 valence electrons. The fourth-order valence-corrected chi connectivity index (χ4v) is 3.15. The van der Waals surface area contributed by atoms with Gasteiger partial charge in [0.25, 0.3) is 5.91 Å². The molecule has 3 aromatic carbocycles. The Morgan fingerprint density at radius 2 is 1.61 bits per heavy atom. The van der Waals surface area contributed by atoms with Crippen molar-refractivity contribution >= 4 is 39.9 Å². The maximum absolute atomic E-state index is 13.1. The van der Waals surface area contributed by atoms with Crippen LogP contribution in [0.15, 0.2) is 82.2 Å². The van der Waals surface area contributed by atoms with Crippen LogP contribution >= 0.6 is 11.6 Å². The van der Waals surface area contributed by atoms with Gasteiger partial charge in [-0.1, -0.05) is 29.8 Å². The Kier molecular flexibility index (Phi) is 5.91. The number of amides is 1. The number of hydrogen-bond acceptors (Lipinski definition) is 5. The van der Waals surface area contributed by atoms with Crippen molar-refractivity contribution in [1.29, 1.82) is 0 Å². The Labute approximate surface area is 183 Å². The molecule has 0 saturated heterocycles. The lowest BCUT2D eigenvalue weighted by molar-refractivity contribution is 0.102. The number of nitrogens with one attached hydrogen (secondary N) is 1. The number of para-hydroxylation sites is 1. The minimum atomic E-state index is -0.356. The van der Waals surface area contributed by atoms with E-state index in [0.29, 0.717) is 33.5 Å². The number of nitrogens with zero attached hydrogens (tertiary/aromatic N) is 1. The Balaban J connectivity index is 1.84. The number of halogens is 1. The highest BCUT2D eigenvalue weighted by atomic mass is 35.5. The van der Waals surface area contributed by atoms with E-state index in [1.165, 1.54) is 0 Å². The topological polar surface area (TPSA) is 73.1 Å². The van der Waals surface area contributed by atoms with Crippen LogP contribution < -0.4 is 20.3 Å². The summed E-state index contributed by atoms with van der Waals surface area (Å²) in [6.07, 6.45) is 0. The summed E-state index contributed by atoms with van der Waals surface area (Å²) in [4.78, 5) is 17.7. The molecule has 1 N–H and O–H groups in total. The van der Waals surface area contributed by atoms with E-state index >= 15 is 0 Å². The van der Waals surface area contributed by atoms with E-state index in [1.54, 1.807) is 62.8 Å². The highest BCUT2D eigenvalue weighted by Gasteiger charge is 2.14. The van der Waals surface area contributed by atoms with Gasteiger partial charge in [0, 0.05) is 34.3 Å². The molecule has 0 unspecified atom stereocenters. The molecule has 0 bridgehead atoms. The molecular weight excluding hydrogens is 416 g/mol. The molecule has 31 heavy (non-hydrogen) atoms. The Hall–Kier alpha value is -3.77. The van der Waals surface area contributed by atoms with Gasteiger partial charge in [0.1, 0.15) is 22.6 Å². The van der Waals surface area contributed by atoms with Crippen LogP contribution in [0.2, 0.25) is 5.02 Å². The second-order valence-corrected chi connectivity index (χ2v) is 7.08. The first-order chi connectivity index (χ1) is 15.1. The van der Waals surface area contributed by atoms with Gasteiger partial charge in [-0.3, -0.25) is 4.79 Å². The van der Waals surface area contributed by atoms with E-state index in [-0.39, 0.29) is 17.0 Å². The molecule has 0 aliphatic carbocycles. The van der Waals surface area contributed by atoms with Crippen molar-refractivity contribution in [1.82, 2.24) is 0 Å². The van der Waals surface area contributed by atoms with Gasteiger partial charge < -0.3 is 19.2 Å². The van der Waals surface area contributed by atoms with Crippen LogP contribution in [0.1, 0.15) is 10.4 Å². The highest BCUT2D eigenvalue weighted by molar-refractivity contribution is 6.30. The third-order valence-corrected chi connectivity index (χ3v) is 4.82. The van der Waals surface area contributed by atoms with Crippen LogP contribution in [0.25, 0.3) is 11.0 Å². The summed E-state index contributed by atoms with van der Waals surface area (Å²) in [5, 5.41) is 4.22. The maximum atomic E-state index is 13.1. The third kappa shape index (κ3) is 4.70. The molecule has 1 heterocycles. The zero-order chi connectivity index (χ0) is 21.8. The van der Waals surface area contributed by atoms with E-state index < -0.39 is 0 Å². The first kappa shape index (κ1) is 20.5. The van der Waals surface area contributed by atoms with Gasteiger partial charge >= 0.3 is 0 Å². The predicted molar refractivity (Wildman–Crippen MR) is 120 cm³/mol. The zero-order valence-electron chi connectivity index (χ0n) is 16.9. The van der Waals surface area contributed by atoms with Crippen LogP contribution in [0.4, 0.5) is 11.4 Å². The van der Waals surface area contributed by atoms with E-state index in [9.17, 15) is 4.79 Å². The van der Waals surface area contributed by atoms with Crippen LogP contribution in [-0.2, 0) is 0 Å². The van der Waals surface area contributed by atoms with Gasteiger partial charge in [-0.05, 0) is 36.4 Å². The monoisotopic (exact) mass is 434 g/mol. The second-order valence-electron chi connectivity index (χ2n) is 6.65. The average Bonchev–Trinajstić information content (AvgIpc) is 2.79. The number of rotatable bonds is 5. The summed E-state index contributed by atoms with van der Waals surface area (Å²) in [6, 6.07) is 21.2. The van der Waals surface area contributed by atoms with Crippen molar-refractivity contribution in [2.24, 2.45) is 4.99 Å². The molecule has 0 fully saturated rings. The molecule has 7 heteroatoms. The first-order valence-corrected chi connectivity index (χ1v) is 9.81. The number of hydrogen-bond donors (Lipinski definition) is 1. The first-order valence-electron chi connectivity index (χ1n) is 9.43. The van der Waals surface area contributed by atoms with E-state index in [0.717, 1.165) is 5.39 Å². The van der Waals surface area contributed by atoms with Gasteiger partial charge in [-0.2, -0.15) is 0 Å². The fourth-order valence-electron chi connectivity index (χ4n) is 3.02. The Bertz CT molecular complexity index is 1290. The van der Waals surface area contributed by atoms with E-state index in [1.807, 2.05) is 24.3 Å². The normalized spacial score (nSPS) is 11.4. The number of fused-ring (bicyclic) bond motifs is 1. The Morgan fingerprint density at radius 3 is 2.29 bits per heavy atom. The molecule has 0 aliphatic rings. The van der Waals surface area contributed by atoms with Crippen molar-refractivity contribution < 1.29 is 18.7 Å². The smallest absolute Gasteiger partial charge is 0.261 e. The highest BCUT2D eigenvalue weighted by Crippen LogP contribution is 2.27. The van der Waals surface area contributed by atoms with E-state index in [2.05, 4.69) is 10.3 Å². The van der Waals surface area contributed by atoms with Crippen LogP contribution in [0.3, 0.4) is 0 Å². The van der Waals surface area contributed by atoms with Crippen molar-refractivity contribution in [3.05, 3.63) is 88.9 Å². The number of ether oxygens (including phenoxy) is 2. The third-order valence-electron chi connectivity index (χ3n) is 4.57. The number of carbonyl (C=O) groups is 1. The fraction of sp³-hybridized carbons (Fsp3) is 0.0833. The van der Waals surface area contributed by atoms with Crippen molar-refractivity contribution in [2.45, 2.75) is 0 Å². The summed E-state index contributed by atoms with van der Waals surface area (Å²) < 4.78 is 16.6. The SMILES string of the molecule is COc1cc(N=c2oc3ccccc3cc2C(=O)Nc2ccc(Cl)cc2)cc(OC)c1. The minimum absolute atomic E-state index is 0.167. The molecule has 1 amide bonds. The van der Waals surface area contributed by atoms with Crippen molar-refractivity contribution in [2.75, 3.05) is 19.5 Å². The van der Waals surface area contributed by atoms with Crippen molar-refractivity contribution in [3.8, 4) is 11.5 Å². The number of benzene rings is 3. The Morgan fingerprint density at radius 1 is 0.935 bits per heavy atom. The molecule has 0 atom stereocenters. The number of anilines is 1. The largest absolute Gasteiger partial charge is 0.497 e. The summed E-state index contributed by atoms with van der Waals surface area (Å²) in [6.45, 7) is 0. The summed E-state index contributed by atoms with van der Waals surface area (Å²) in [5.41, 5.74) is 2.20.